The number of nitrogens with one attached hydrogen (secondary N) is 1. The number of hydrogen-bond donors (Lipinski definition) is 2. The predicted octanol–water partition coefficient (Wildman–Crippen LogP) is 2.94. The Bertz CT molecular complexity index is 835. The first kappa shape index (κ1) is 15.1. The highest BCUT2D eigenvalue weighted by Crippen LogP contribution is 2.19. The van der Waals surface area contributed by atoms with Crippen LogP contribution in [0, 0.1) is 6.92 Å². The molecule has 2 N–H and O–H groups in total. The van der Waals surface area contributed by atoms with Crippen molar-refractivity contribution in [2.45, 2.75) is 13.3 Å². The molecule has 1 aromatic carbocycles. The molecule has 0 aliphatic carbocycles. The van der Waals surface area contributed by atoms with Crippen molar-refractivity contribution in [3.05, 3.63) is 69.7 Å². The molecule has 0 amide bonds. The van der Waals surface area contributed by atoms with Gasteiger partial charge in [-0.2, -0.15) is 5.10 Å². The molecular weight excluding hydrogens is 312 g/mol. The third-order valence-corrected chi connectivity index (χ3v) is 4.06. The number of aromatic amines is 1. The maximum Gasteiger partial charge on any atom is 0.226 e. The number of aliphatic hydroxyl groups is 1. The van der Waals surface area contributed by atoms with Crippen LogP contribution in [0.5, 0.6) is 0 Å². The molecule has 0 unspecified atom stereocenters. The Labute approximate surface area is 136 Å². The first-order valence-corrected chi connectivity index (χ1v) is 7.80. The van der Waals surface area contributed by atoms with E-state index in [4.69, 9.17) is 0 Å². The van der Waals surface area contributed by atoms with E-state index in [1.807, 2.05) is 6.92 Å². The SMILES string of the molecule is Cc1ccc(Cc2nc(C(O)=CC(=O)c3ncn[nH]3)cs2)cc1. The van der Waals surface area contributed by atoms with E-state index in [0.29, 0.717) is 12.1 Å². The molecule has 0 bridgehead atoms. The van der Waals surface area contributed by atoms with Crippen LogP contribution in [0.25, 0.3) is 5.76 Å². The van der Waals surface area contributed by atoms with Gasteiger partial charge in [0.05, 0.1) is 5.01 Å². The van der Waals surface area contributed by atoms with Crippen molar-refractivity contribution in [3.63, 3.8) is 0 Å². The number of H-pyrrole nitrogens is 1. The molecule has 23 heavy (non-hydrogen) atoms. The van der Waals surface area contributed by atoms with Gasteiger partial charge in [0.1, 0.15) is 17.8 Å². The Morgan fingerprint density at radius 2 is 2.13 bits per heavy atom. The fraction of sp³-hybridized carbons (Fsp3) is 0.125. The summed E-state index contributed by atoms with van der Waals surface area (Å²) in [4.78, 5) is 19.9. The number of carbonyl (C=O) groups excluding carboxylic acids is 1. The minimum absolute atomic E-state index is 0.0756. The highest BCUT2D eigenvalue weighted by molar-refractivity contribution is 7.09. The zero-order valence-electron chi connectivity index (χ0n) is 12.4. The van der Waals surface area contributed by atoms with Crippen LogP contribution in [-0.4, -0.2) is 31.1 Å². The lowest BCUT2D eigenvalue weighted by Crippen LogP contribution is -1.99. The number of ketones is 1. The Hall–Kier alpha value is -2.80. The molecule has 0 aliphatic rings. The Morgan fingerprint density at radius 1 is 1.35 bits per heavy atom. The van der Waals surface area contributed by atoms with Crippen molar-refractivity contribution in [1.82, 2.24) is 20.2 Å². The number of thiazole rings is 1. The van der Waals surface area contributed by atoms with Gasteiger partial charge in [-0.25, -0.2) is 9.97 Å². The maximum absolute atomic E-state index is 11.8. The van der Waals surface area contributed by atoms with Crippen molar-refractivity contribution in [2.24, 2.45) is 0 Å². The van der Waals surface area contributed by atoms with E-state index in [1.165, 1.54) is 23.2 Å². The van der Waals surface area contributed by atoms with Crippen LogP contribution in [0.2, 0.25) is 0 Å². The summed E-state index contributed by atoms with van der Waals surface area (Å²) in [5.74, 6) is -0.558. The zero-order valence-corrected chi connectivity index (χ0v) is 13.2. The van der Waals surface area contributed by atoms with E-state index in [-0.39, 0.29) is 11.6 Å². The summed E-state index contributed by atoms with van der Waals surface area (Å²) in [7, 11) is 0. The minimum atomic E-state index is -0.451. The number of allylic oxidation sites excluding steroid dienone is 1. The lowest BCUT2D eigenvalue weighted by atomic mass is 10.1. The van der Waals surface area contributed by atoms with Crippen molar-refractivity contribution < 1.29 is 9.90 Å². The van der Waals surface area contributed by atoms with Gasteiger partial charge in [-0.15, -0.1) is 11.3 Å². The van der Waals surface area contributed by atoms with Crippen molar-refractivity contribution in [2.75, 3.05) is 0 Å². The van der Waals surface area contributed by atoms with Crippen molar-refractivity contribution >= 4 is 22.9 Å². The quantitative estimate of drug-likeness (QED) is 0.427. The van der Waals surface area contributed by atoms with E-state index in [0.717, 1.165) is 16.6 Å². The van der Waals surface area contributed by atoms with E-state index in [2.05, 4.69) is 44.4 Å². The number of benzene rings is 1. The molecule has 0 atom stereocenters. The molecule has 3 aromatic rings. The third-order valence-electron chi connectivity index (χ3n) is 3.21. The smallest absolute Gasteiger partial charge is 0.226 e. The summed E-state index contributed by atoms with van der Waals surface area (Å²) in [6.45, 7) is 2.04. The number of hydrogen-bond acceptors (Lipinski definition) is 6. The van der Waals surface area contributed by atoms with Crippen LogP contribution < -0.4 is 0 Å². The molecule has 7 heteroatoms. The van der Waals surface area contributed by atoms with Crippen LogP contribution >= 0.6 is 11.3 Å². The third kappa shape index (κ3) is 3.70. The fourth-order valence-electron chi connectivity index (χ4n) is 1.98. The average molecular weight is 326 g/mol. The molecule has 6 nitrogen and oxygen atoms in total. The van der Waals surface area contributed by atoms with Crippen LogP contribution in [0.1, 0.15) is 32.4 Å². The van der Waals surface area contributed by atoms with E-state index in [9.17, 15) is 9.90 Å². The number of aryl methyl sites for hydroxylation is 1. The molecular formula is C16H14N4O2S. The van der Waals surface area contributed by atoms with E-state index in [1.54, 1.807) is 5.38 Å². The van der Waals surface area contributed by atoms with Gasteiger partial charge in [0.2, 0.25) is 5.78 Å². The molecule has 0 spiro atoms. The highest BCUT2D eigenvalue weighted by atomic mass is 32.1. The van der Waals surface area contributed by atoms with E-state index < -0.39 is 5.78 Å². The molecule has 116 valence electrons. The van der Waals surface area contributed by atoms with Gasteiger partial charge in [-0.1, -0.05) is 29.8 Å². The summed E-state index contributed by atoms with van der Waals surface area (Å²) in [6.07, 6.45) is 3.01. The van der Waals surface area contributed by atoms with Gasteiger partial charge in [-0.05, 0) is 12.5 Å². The number of rotatable bonds is 5. The summed E-state index contributed by atoms with van der Waals surface area (Å²) < 4.78 is 0. The Kier molecular flexibility index (Phi) is 4.29. The van der Waals surface area contributed by atoms with E-state index >= 15 is 0 Å². The van der Waals surface area contributed by atoms with Gasteiger partial charge in [0.15, 0.2) is 5.82 Å². The summed E-state index contributed by atoms with van der Waals surface area (Å²) >= 11 is 1.44. The van der Waals surface area contributed by atoms with Crippen LogP contribution in [0.4, 0.5) is 0 Å². The van der Waals surface area contributed by atoms with Gasteiger partial charge in [0, 0.05) is 17.9 Å². The van der Waals surface area contributed by atoms with Crippen LogP contribution in [-0.2, 0) is 6.42 Å². The highest BCUT2D eigenvalue weighted by Gasteiger charge is 2.11. The second-order valence-electron chi connectivity index (χ2n) is 5.02. The lowest BCUT2D eigenvalue weighted by molar-refractivity contribution is 0.103. The first-order valence-electron chi connectivity index (χ1n) is 6.92. The fourth-order valence-corrected chi connectivity index (χ4v) is 2.80. The molecule has 2 aromatic heterocycles. The number of aromatic nitrogens is 4. The summed E-state index contributed by atoms with van der Waals surface area (Å²) in [5.41, 5.74) is 2.74. The van der Waals surface area contributed by atoms with Crippen LogP contribution in [0.15, 0.2) is 42.0 Å². The average Bonchev–Trinajstić information content (AvgIpc) is 3.21. The lowest BCUT2D eigenvalue weighted by Gasteiger charge is -1.98. The molecule has 0 fully saturated rings. The molecule has 0 aliphatic heterocycles. The number of carbonyl (C=O) groups is 1. The summed E-state index contributed by atoms with van der Waals surface area (Å²) in [5, 5.41) is 18.7. The first-order chi connectivity index (χ1) is 11.1. The summed E-state index contributed by atoms with van der Waals surface area (Å²) in [6, 6.07) is 8.22. The second kappa shape index (κ2) is 6.53. The Morgan fingerprint density at radius 3 is 2.83 bits per heavy atom. The molecule has 0 saturated carbocycles. The monoisotopic (exact) mass is 326 g/mol. The number of nitrogens with zero attached hydrogens (tertiary/aromatic N) is 3. The topological polar surface area (TPSA) is 91.8 Å². The zero-order chi connectivity index (χ0) is 16.2. The van der Waals surface area contributed by atoms with Gasteiger partial charge in [0.25, 0.3) is 0 Å². The van der Waals surface area contributed by atoms with Gasteiger partial charge in [-0.3, -0.25) is 9.89 Å². The predicted molar refractivity (Wildman–Crippen MR) is 87.4 cm³/mol. The molecule has 0 saturated heterocycles. The van der Waals surface area contributed by atoms with Crippen molar-refractivity contribution in [3.8, 4) is 0 Å². The van der Waals surface area contributed by atoms with Gasteiger partial charge < -0.3 is 5.11 Å². The molecule has 3 rings (SSSR count). The minimum Gasteiger partial charge on any atom is -0.506 e. The molecule has 2 heterocycles. The standard InChI is InChI=1S/C16H14N4O2S/c1-10-2-4-11(5-3-10)6-15-19-12(8-23-15)13(21)7-14(22)16-17-9-18-20-16/h2-5,7-9,21H,6H2,1H3,(H,17,18,20). The normalized spacial score (nSPS) is 11.6. The molecule has 0 radical (unpaired) electrons. The van der Waals surface area contributed by atoms with Crippen molar-refractivity contribution in [1.29, 1.82) is 0 Å². The maximum atomic E-state index is 11.8. The largest absolute Gasteiger partial charge is 0.506 e. The Balaban J connectivity index is 1.73. The number of aliphatic hydroxyl groups excluding tert-OH is 1. The van der Waals surface area contributed by atoms with Crippen LogP contribution in [0.3, 0.4) is 0 Å². The second-order valence-corrected chi connectivity index (χ2v) is 5.96. The van der Waals surface area contributed by atoms with Gasteiger partial charge >= 0.3 is 0 Å².